The van der Waals surface area contributed by atoms with E-state index in [2.05, 4.69) is 15.2 Å². The van der Waals surface area contributed by atoms with E-state index in [1.165, 1.54) is 0 Å². The monoisotopic (exact) mass is 701 g/mol. The summed E-state index contributed by atoms with van der Waals surface area (Å²) in [6, 6.07) is 20.4. The Balaban J connectivity index is 1.12. The van der Waals surface area contributed by atoms with E-state index in [0.717, 1.165) is 65.5 Å². The van der Waals surface area contributed by atoms with Crippen molar-refractivity contribution in [1.82, 2.24) is 20.1 Å². The zero-order valence-electron chi connectivity index (χ0n) is 28.3. The Morgan fingerprint density at radius 1 is 0.959 bits per heavy atom. The van der Waals surface area contributed by atoms with E-state index in [4.69, 9.17) is 23.2 Å². The number of aromatic nitrogens is 1. The highest BCUT2D eigenvalue weighted by Gasteiger charge is 2.34. The van der Waals surface area contributed by atoms with Crippen LogP contribution < -0.4 is 10.2 Å². The van der Waals surface area contributed by atoms with Crippen LogP contribution in [0.4, 0.5) is 5.69 Å². The highest BCUT2D eigenvalue weighted by atomic mass is 35.5. The molecule has 3 aromatic carbocycles. The average molecular weight is 703 g/mol. The fourth-order valence-corrected chi connectivity index (χ4v) is 7.75. The van der Waals surface area contributed by atoms with Gasteiger partial charge in [-0.05, 0) is 105 Å². The summed E-state index contributed by atoms with van der Waals surface area (Å²) < 4.78 is 0. The third kappa shape index (κ3) is 8.85. The number of para-hydroxylation sites is 1. The fourth-order valence-electron chi connectivity index (χ4n) is 7.43. The maximum Gasteiger partial charge on any atom is 0.249 e. The van der Waals surface area contributed by atoms with Crippen LogP contribution in [-0.2, 0) is 33.6 Å². The van der Waals surface area contributed by atoms with Gasteiger partial charge >= 0.3 is 0 Å². The van der Waals surface area contributed by atoms with Crippen molar-refractivity contribution >= 4 is 57.5 Å². The van der Waals surface area contributed by atoms with Gasteiger partial charge < -0.3 is 25.0 Å². The van der Waals surface area contributed by atoms with Crippen LogP contribution in [0, 0.1) is 11.8 Å². The first-order chi connectivity index (χ1) is 23.6. The van der Waals surface area contributed by atoms with Crippen molar-refractivity contribution in [2.75, 3.05) is 45.2 Å². The molecule has 0 unspecified atom stereocenters. The number of fused-ring (bicyclic) bond motifs is 2. The number of nitrogens with zero attached hydrogens (tertiary/aromatic N) is 3. The number of rotatable bonds is 11. The number of H-pyrrole nitrogens is 1. The first-order valence-electron chi connectivity index (χ1n) is 17.2. The van der Waals surface area contributed by atoms with Crippen molar-refractivity contribution in [3.8, 4) is 0 Å². The molecular weight excluding hydrogens is 657 g/mol. The van der Waals surface area contributed by atoms with Gasteiger partial charge in [0.25, 0.3) is 0 Å². The van der Waals surface area contributed by atoms with Gasteiger partial charge in [0.15, 0.2) is 0 Å². The van der Waals surface area contributed by atoms with Crippen LogP contribution in [-0.4, -0.2) is 78.8 Å². The standard InChI is InChI=1S/C39H45Cl2N5O3/c1-44(2)24-28-19-29-21-32(41)12-13-36(29)46(25-28)39(49)35(22-30-23-42-34-6-4-3-5-33(30)34)43-37(47)14-9-26-15-17-45(18-16-26)38(48)20-27-7-10-31(40)11-8-27/h3-8,10-13,21,23,26,28,35,42H,9,14-20,22,24-25H2,1-2H3,(H,43,47)/t28-,35-/m1/s1. The zero-order chi connectivity index (χ0) is 34.5. The molecular formula is C39H45Cl2N5O3. The number of piperidine rings is 1. The minimum atomic E-state index is -0.735. The molecule has 258 valence electrons. The third-order valence-electron chi connectivity index (χ3n) is 9.92. The second kappa shape index (κ2) is 15.8. The second-order valence-electron chi connectivity index (χ2n) is 13.9. The van der Waals surface area contributed by atoms with Crippen LogP contribution in [0.15, 0.2) is 72.9 Å². The molecule has 2 aliphatic heterocycles. The predicted molar refractivity (Wildman–Crippen MR) is 197 cm³/mol. The highest BCUT2D eigenvalue weighted by Crippen LogP contribution is 2.33. The maximum atomic E-state index is 14.5. The first-order valence-corrected chi connectivity index (χ1v) is 18.0. The fraction of sp³-hybridized carbons (Fsp3) is 0.410. The lowest BCUT2D eigenvalue weighted by molar-refractivity contribution is -0.132. The average Bonchev–Trinajstić information content (AvgIpc) is 3.49. The molecule has 1 saturated heterocycles. The molecule has 2 atom stereocenters. The molecule has 3 heterocycles. The van der Waals surface area contributed by atoms with Gasteiger partial charge in [-0.2, -0.15) is 0 Å². The van der Waals surface area contributed by atoms with Gasteiger partial charge in [-0.1, -0.05) is 53.5 Å². The number of nitrogens with one attached hydrogen (secondary N) is 2. The Morgan fingerprint density at radius 2 is 1.69 bits per heavy atom. The van der Waals surface area contributed by atoms with E-state index in [-0.39, 0.29) is 23.6 Å². The smallest absolute Gasteiger partial charge is 0.249 e. The maximum absolute atomic E-state index is 14.5. The molecule has 4 aromatic rings. The minimum absolute atomic E-state index is 0.113. The van der Waals surface area contributed by atoms with Gasteiger partial charge in [-0.25, -0.2) is 0 Å². The lowest BCUT2D eigenvalue weighted by atomic mass is 9.90. The largest absolute Gasteiger partial charge is 0.361 e. The summed E-state index contributed by atoms with van der Waals surface area (Å²) in [5, 5.41) is 5.51. The number of halogens is 2. The Labute approximate surface area is 298 Å². The van der Waals surface area contributed by atoms with Gasteiger partial charge in [-0.3, -0.25) is 14.4 Å². The van der Waals surface area contributed by atoms with Gasteiger partial charge in [0.1, 0.15) is 6.04 Å². The molecule has 0 bridgehead atoms. The summed E-state index contributed by atoms with van der Waals surface area (Å²) in [7, 11) is 4.09. The third-order valence-corrected chi connectivity index (χ3v) is 10.4. The van der Waals surface area contributed by atoms with E-state index < -0.39 is 6.04 Å². The van der Waals surface area contributed by atoms with Crippen LogP contribution in [0.3, 0.4) is 0 Å². The summed E-state index contributed by atoms with van der Waals surface area (Å²) in [4.78, 5) is 50.3. The Hall–Kier alpha value is -3.85. The van der Waals surface area contributed by atoms with Crippen molar-refractivity contribution in [2.45, 2.75) is 51.0 Å². The molecule has 3 amide bonds. The highest BCUT2D eigenvalue weighted by molar-refractivity contribution is 6.31. The van der Waals surface area contributed by atoms with Gasteiger partial charge in [0.05, 0.1) is 6.42 Å². The number of hydrogen-bond donors (Lipinski definition) is 2. The number of hydrogen-bond acceptors (Lipinski definition) is 4. The number of carbonyl (C=O) groups is 3. The summed E-state index contributed by atoms with van der Waals surface area (Å²) in [5.74, 6) is 0.458. The number of amides is 3. The molecule has 49 heavy (non-hydrogen) atoms. The quantitative estimate of drug-likeness (QED) is 0.186. The van der Waals surface area contributed by atoms with Crippen molar-refractivity contribution in [2.24, 2.45) is 11.8 Å². The van der Waals surface area contributed by atoms with Crippen LogP contribution >= 0.6 is 23.2 Å². The molecule has 0 saturated carbocycles. The minimum Gasteiger partial charge on any atom is -0.361 e. The van der Waals surface area contributed by atoms with E-state index >= 15 is 0 Å². The zero-order valence-corrected chi connectivity index (χ0v) is 29.8. The van der Waals surface area contributed by atoms with Crippen molar-refractivity contribution in [3.05, 3.63) is 99.7 Å². The first kappa shape index (κ1) is 35.0. The van der Waals surface area contributed by atoms with E-state index in [0.29, 0.717) is 54.9 Å². The number of aromatic amines is 1. The molecule has 1 aromatic heterocycles. The van der Waals surface area contributed by atoms with Gasteiger partial charge in [0, 0.05) is 71.9 Å². The van der Waals surface area contributed by atoms with E-state index in [1.807, 2.05) is 96.8 Å². The Morgan fingerprint density at radius 3 is 2.45 bits per heavy atom. The molecule has 8 nitrogen and oxygen atoms in total. The van der Waals surface area contributed by atoms with Crippen molar-refractivity contribution in [1.29, 1.82) is 0 Å². The second-order valence-corrected chi connectivity index (χ2v) is 14.8. The molecule has 1 fully saturated rings. The molecule has 6 rings (SSSR count). The number of carbonyl (C=O) groups excluding carboxylic acids is 3. The Bertz CT molecular complexity index is 1780. The predicted octanol–water partition coefficient (Wildman–Crippen LogP) is 6.53. The lowest BCUT2D eigenvalue weighted by Gasteiger charge is -2.37. The molecule has 10 heteroatoms. The summed E-state index contributed by atoms with van der Waals surface area (Å²) in [6.45, 7) is 2.78. The Kier molecular flexibility index (Phi) is 11.3. The van der Waals surface area contributed by atoms with Crippen LogP contribution in [0.2, 0.25) is 10.0 Å². The van der Waals surface area contributed by atoms with Crippen molar-refractivity contribution in [3.63, 3.8) is 0 Å². The molecule has 2 aliphatic rings. The van der Waals surface area contributed by atoms with Crippen molar-refractivity contribution < 1.29 is 14.4 Å². The summed E-state index contributed by atoms with van der Waals surface area (Å²) in [6.07, 6.45) is 6.28. The van der Waals surface area contributed by atoms with Gasteiger partial charge in [-0.15, -0.1) is 0 Å². The van der Waals surface area contributed by atoms with E-state index in [1.54, 1.807) is 0 Å². The van der Waals surface area contributed by atoms with Crippen LogP contribution in [0.1, 0.15) is 42.4 Å². The number of anilines is 1. The lowest BCUT2D eigenvalue weighted by Crippen LogP contribution is -2.53. The molecule has 0 spiro atoms. The van der Waals surface area contributed by atoms with Gasteiger partial charge in [0.2, 0.25) is 17.7 Å². The normalized spacial score (nSPS) is 17.3. The van der Waals surface area contributed by atoms with E-state index in [9.17, 15) is 14.4 Å². The number of likely N-dealkylation sites (tertiary alicyclic amines) is 1. The summed E-state index contributed by atoms with van der Waals surface area (Å²) >= 11 is 12.4. The molecule has 2 N–H and O–H groups in total. The van der Waals surface area contributed by atoms with Crippen LogP contribution in [0.5, 0.6) is 0 Å². The summed E-state index contributed by atoms with van der Waals surface area (Å²) in [5.41, 5.74) is 4.85. The van der Waals surface area contributed by atoms with Crippen LogP contribution in [0.25, 0.3) is 10.9 Å². The molecule has 0 radical (unpaired) electrons. The number of benzene rings is 3. The SMILES string of the molecule is CN(C)C[C@H]1Cc2cc(Cl)ccc2N(C(=O)[C@@H](Cc2c[nH]c3ccccc23)NC(=O)CCC2CCN(C(=O)Cc3ccc(Cl)cc3)CC2)C1. The molecule has 0 aliphatic carbocycles. The topological polar surface area (TPSA) is 88.8 Å².